The first kappa shape index (κ1) is 21.6. The van der Waals surface area contributed by atoms with Crippen LogP contribution in [-0.4, -0.2) is 38.5 Å². The number of hydrogen-bond acceptors (Lipinski definition) is 4. The van der Waals surface area contributed by atoms with Crippen LogP contribution in [0.5, 0.6) is 0 Å². The summed E-state index contributed by atoms with van der Waals surface area (Å²) in [5.41, 5.74) is 0.804. The zero-order valence-electron chi connectivity index (χ0n) is 15.1. The minimum Gasteiger partial charge on any atom is -0.298 e. The molecule has 1 saturated heterocycles. The molecule has 1 amide bonds. The number of amides is 1. The number of carbonyl (C=O) groups excluding carboxylic acids is 1. The van der Waals surface area contributed by atoms with Gasteiger partial charge in [-0.05, 0) is 17.7 Å². The highest BCUT2D eigenvalue weighted by molar-refractivity contribution is 7.90. The molecule has 1 aliphatic heterocycles. The van der Waals surface area contributed by atoms with Gasteiger partial charge in [0.05, 0.1) is 16.9 Å². The quantitative estimate of drug-likeness (QED) is 0.764. The van der Waals surface area contributed by atoms with Crippen molar-refractivity contribution in [3.8, 4) is 0 Å². The predicted molar refractivity (Wildman–Crippen MR) is 102 cm³/mol. The first-order valence-corrected chi connectivity index (χ1v) is 10.6. The number of nitrogens with zero attached hydrogens (tertiary/aromatic N) is 1. The van der Waals surface area contributed by atoms with Gasteiger partial charge < -0.3 is 0 Å². The molecule has 2 aromatic carbocycles. The first-order valence-electron chi connectivity index (χ1n) is 8.72. The molecule has 10 heteroatoms. The summed E-state index contributed by atoms with van der Waals surface area (Å²) in [4.78, 5) is 13.7. The van der Waals surface area contributed by atoms with E-state index >= 15 is 0 Å². The molecule has 1 fully saturated rings. The van der Waals surface area contributed by atoms with Gasteiger partial charge in [0.2, 0.25) is 5.91 Å². The molecule has 29 heavy (non-hydrogen) atoms. The molecular weight excluding hydrogens is 429 g/mol. The second kappa shape index (κ2) is 8.33. The van der Waals surface area contributed by atoms with Gasteiger partial charge in [-0.3, -0.25) is 9.69 Å². The maximum Gasteiger partial charge on any atom is 0.393 e. The van der Waals surface area contributed by atoms with E-state index in [0.29, 0.717) is 0 Å². The molecule has 0 unspecified atom stereocenters. The highest BCUT2D eigenvalue weighted by atomic mass is 35.5. The first-order chi connectivity index (χ1) is 13.6. The number of likely N-dealkylation sites (tertiary alicyclic amines) is 1. The third kappa shape index (κ3) is 5.09. The van der Waals surface area contributed by atoms with E-state index in [1.165, 1.54) is 29.2 Å². The van der Waals surface area contributed by atoms with Crippen LogP contribution in [0.25, 0.3) is 0 Å². The van der Waals surface area contributed by atoms with Gasteiger partial charge >= 0.3 is 6.18 Å². The minimum atomic E-state index is -4.64. The van der Waals surface area contributed by atoms with Gasteiger partial charge in [0.15, 0.2) is 0 Å². The van der Waals surface area contributed by atoms with Gasteiger partial charge in [-0.2, -0.15) is 13.2 Å². The molecule has 156 valence electrons. The number of nitrogens with one attached hydrogen (secondary N) is 1. The van der Waals surface area contributed by atoms with Gasteiger partial charge in [0.1, 0.15) is 4.90 Å². The van der Waals surface area contributed by atoms with Crippen molar-refractivity contribution >= 4 is 27.5 Å². The molecule has 1 heterocycles. The van der Waals surface area contributed by atoms with Gasteiger partial charge in [-0.15, -0.1) is 0 Å². The van der Waals surface area contributed by atoms with Crippen LogP contribution in [0.1, 0.15) is 5.56 Å². The molecular formula is C19H18ClF3N2O3S. The molecule has 0 bridgehead atoms. The summed E-state index contributed by atoms with van der Waals surface area (Å²) in [5.74, 6) is -4.70. The lowest BCUT2D eigenvalue weighted by Gasteiger charge is -2.20. The van der Waals surface area contributed by atoms with Crippen LogP contribution in [-0.2, 0) is 21.4 Å². The zero-order chi connectivity index (χ0) is 21.2. The largest absolute Gasteiger partial charge is 0.393 e. The van der Waals surface area contributed by atoms with E-state index in [1.54, 1.807) is 35.1 Å². The van der Waals surface area contributed by atoms with E-state index in [0.717, 1.165) is 5.56 Å². The number of carbonyl (C=O) groups is 1. The van der Waals surface area contributed by atoms with Crippen molar-refractivity contribution in [3.05, 3.63) is 65.2 Å². The van der Waals surface area contributed by atoms with E-state index < -0.39 is 33.9 Å². The topological polar surface area (TPSA) is 66.5 Å². The summed E-state index contributed by atoms with van der Waals surface area (Å²) in [6.45, 7) is -0.361. The Kier molecular flexibility index (Phi) is 6.21. The Balaban J connectivity index is 1.79. The average Bonchev–Trinajstić information content (AvgIpc) is 3.07. The summed E-state index contributed by atoms with van der Waals surface area (Å²) in [6, 6.07) is 14.3. The lowest BCUT2D eigenvalue weighted by atomic mass is 9.95. The lowest BCUT2D eigenvalue weighted by molar-refractivity contribution is -0.183. The fraction of sp³-hybridized carbons (Fsp3) is 0.316. The Morgan fingerprint density at radius 2 is 1.69 bits per heavy atom. The van der Waals surface area contributed by atoms with E-state index in [9.17, 15) is 26.4 Å². The molecule has 1 aliphatic rings. The van der Waals surface area contributed by atoms with Crippen molar-refractivity contribution in [2.75, 3.05) is 13.1 Å². The van der Waals surface area contributed by atoms with Gasteiger partial charge in [-0.25, -0.2) is 13.1 Å². The van der Waals surface area contributed by atoms with Crippen molar-refractivity contribution in [3.63, 3.8) is 0 Å². The Hall–Kier alpha value is -2.10. The fourth-order valence-corrected chi connectivity index (χ4v) is 4.93. The predicted octanol–water partition coefficient (Wildman–Crippen LogP) is 3.46. The SMILES string of the molecule is O=C(NS(=O)(=O)c1ccccc1Cl)[C@H]1CN(Cc2ccccc2)C[C@H]1C(F)(F)F. The molecule has 5 nitrogen and oxygen atoms in total. The van der Waals surface area contributed by atoms with Crippen LogP contribution < -0.4 is 4.72 Å². The maximum absolute atomic E-state index is 13.5. The van der Waals surface area contributed by atoms with Crippen LogP contribution in [0.15, 0.2) is 59.5 Å². The summed E-state index contributed by atoms with van der Waals surface area (Å²) in [6.07, 6.45) is -4.64. The summed E-state index contributed by atoms with van der Waals surface area (Å²) >= 11 is 5.85. The van der Waals surface area contributed by atoms with Crippen LogP contribution in [0.2, 0.25) is 5.02 Å². The van der Waals surface area contributed by atoms with Crippen molar-refractivity contribution in [2.24, 2.45) is 11.8 Å². The molecule has 0 saturated carbocycles. The summed E-state index contributed by atoms with van der Waals surface area (Å²) < 4.78 is 67.2. The van der Waals surface area contributed by atoms with E-state index in [2.05, 4.69) is 0 Å². The maximum atomic E-state index is 13.5. The van der Waals surface area contributed by atoms with E-state index in [-0.39, 0.29) is 29.6 Å². The van der Waals surface area contributed by atoms with Crippen LogP contribution in [0, 0.1) is 11.8 Å². The van der Waals surface area contributed by atoms with Crippen molar-refractivity contribution < 1.29 is 26.4 Å². The fourth-order valence-electron chi connectivity index (χ4n) is 3.38. The van der Waals surface area contributed by atoms with Crippen molar-refractivity contribution in [1.29, 1.82) is 0 Å². The molecule has 0 spiro atoms. The van der Waals surface area contributed by atoms with Crippen LogP contribution in [0.4, 0.5) is 13.2 Å². The highest BCUT2D eigenvalue weighted by Crippen LogP contribution is 2.38. The minimum absolute atomic E-state index is 0.128. The average molecular weight is 447 g/mol. The second-order valence-corrected chi connectivity index (χ2v) is 8.89. The number of halogens is 4. The molecule has 0 aromatic heterocycles. The van der Waals surface area contributed by atoms with Gasteiger partial charge in [-0.1, -0.05) is 54.1 Å². The third-order valence-electron chi connectivity index (χ3n) is 4.76. The summed E-state index contributed by atoms with van der Waals surface area (Å²) in [5, 5.41) is -0.128. The van der Waals surface area contributed by atoms with Crippen molar-refractivity contribution in [1.82, 2.24) is 9.62 Å². The number of benzene rings is 2. The second-order valence-electron chi connectivity index (χ2n) is 6.83. The Bertz CT molecular complexity index is 984. The number of sulfonamides is 1. The monoisotopic (exact) mass is 446 g/mol. The highest BCUT2D eigenvalue weighted by Gasteiger charge is 2.52. The van der Waals surface area contributed by atoms with Crippen molar-refractivity contribution in [2.45, 2.75) is 17.6 Å². The molecule has 2 aromatic rings. The standard InChI is InChI=1S/C19H18ClF3N2O3S/c20-16-8-4-5-9-17(16)29(27,28)24-18(26)14-11-25(12-15(14)19(21,22)23)10-13-6-2-1-3-7-13/h1-9,14-15H,10-12H2,(H,24,26)/t14-,15+/m0/s1. The van der Waals surface area contributed by atoms with Gasteiger partial charge in [0.25, 0.3) is 10.0 Å². The van der Waals surface area contributed by atoms with E-state index in [4.69, 9.17) is 11.6 Å². The number of alkyl halides is 3. The molecule has 0 radical (unpaired) electrons. The summed E-state index contributed by atoms with van der Waals surface area (Å²) in [7, 11) is -4.39. The Morgan fingerprint density at radius 3 is 2.31 bits per heavy atom. The van der Waals surface area contributed by atoms with Gasteiger partial charge in [0, 0.05) is 19.6 Å². The number of rotatable bonds is 5. The smallest absolute Gasteiger partial charge is 0.298 e. The Labute approximate surface area is 171 Å². The number of hydrogen-bond donors (Lipinski definition) is 1. The molecule has 3 rings (SSSR count). The molecule has 2 atom stereocenters. The van der Waals surface area contributed by atoms with E-state index in [1.807, 2.05) is 0 Å². The normalized spacial score (nSPS) is 20.6. The van der Waals surface area contributed by atoms with Crippen LogP contribution >= 0.6 is 11.6 Å². The third-order valence-corrected chi connectivity index (χ3v) is 6.61. The Morgan fingerprint density at radius 1 is 1.07 bits per heavy atom. The zero-order valence-corrected chi connectivity index (χ0v) is 16.6. The molecule has 1 N–H and O–H groups in total. The van der Waals surface area contributed by atoms with Crippen LogP contribution in [0.3, 0.4) is 0 Å². The lowest BCUT2D eigenvalue weighted by Crippen LogP contribution is -2.42. The molecule has 0 aliphatic carbocycles.